The lowest BCUT2D eigenvalue weighted by Gasteiger charge is -2.05. The van der Waals surface area contributed by atoms with E-state index in [0.29, 0.717) is 6.61 Å². The molecule has 1 aliphatic heterocycles. The third kappa shape index (κ3) is 2.64. The molecule has 1 rings (SSSR count). The Hall–Kier alpha value is -0.130. The summed E-state index contributed by atoms with van der Waals surface area (Å²) in [5.74, 6) is 0. The predicted molar refractivity (Wildman–Crippen MR) is 35.1 cm³/mol. The summed E-state index contributed by atoms with van der Waals surface area (Å²) < 4.78 is 30.4. The Kier molecular flexibility index (Phi) is 1.98. The highest BCUT2D eigenvalue weighted by atomic mass is 32.2. The van der Waals surface area contributed by atoms with Crippen LogP contribution in [-0.2, 0) is 19.0 Å². The summed E-state index contributed by atoms with van der Waals surface area (Å²) in [5, 5.41) is 0. The van der Waals surface area contributed by atoms with Gasteiger partial charge in [-0.2, -0.15) is 8.42 Å². The molecule has 0 aromatic rings. The lowest BCUT2D eigenvalue weighted by Crippen LogP contribution is -2.19. The molecule has 0 aliphatic carbocycles. The fourth-order valence-corrected chi connectivity index (χ4v) is 1.34. The third-order valence-corrected chi connectivity index (χ3v) is 1.86. The van der Waals surface area contributed by atoms with Gasteiger partial charge in [-0.05, 0) is 6.92 Å². The van der Waals surface area contributed by atoms with Gasteiger partial charge < -0.3 is 4.74 Å². The minimum atomic E-state index is -3.31. The minimum Gasteiger partial charge on any atom is -0.370 e. The van der Waals surface area contributed by atoms with Gasteiger partial charge in [0.15, 0.2) is 0 Å². The van der Waals surface area contributed by atoms with Gasteiger partial charge in [-0.15, -0.1) is 0 Å². The molecule has 5 heteroatoms. The van der Waals surface area contributed by atoms with Gasteiger partial charge >= 0.3 is 0 Å². The lowest BCUT2D eigenvalue weighted by molar-refractivity contribution is 0.184. The van der Waals surface area contributed by atoms with Gasteiger partial charge in [0.2, 0.25) is 0 Å². The maximum atomic E-state index is 10.5. The molecule has 0 aromatic heterocycles. The Morgan fingerprint density at radius 3 is 2.50 bits per heavy atom. The van der Waals surface area contributed by atoms with Crippen LogP contribution in [0.4, 0.5) is 0 Å². The second kappa shape index (κ2) is 2.48. The molecule has 1 aliphatic rings. The first kappa shape index (κ1) is 7.97. The van der Waals surface area contributed by atoms with Crippen molar-refractivity contribution < 1.29 is 17.3 Å². The molecule has 0 saturated carbocycles. The van der Waals surface area contributed by atoms with Crippen LogP contribution in [0.2, 0.25) is 0 Å². The molecule has 60 valence electrons. The van der Waals surface area contributed by atoms with Gasteiger partial charge in [0, 0.05) is 0 Å². The highest BCUT2D eigenvalue weighted by molar-refractivity contribution is 7.86. The van der Waals surface area contributed by atoms with E-state index in [2.05, 4.69) is 4.18 Å². The smallest absolute Gasteiger partial charge is 0.264 e. The molecule has 0 radical (unpaired) electrons. The van der Waals surface area contributed by atoms with E-state index in [1.807, 2.05) is 0 Å². The van der Waals surface area contributed by atoms with Crippen molar-refractivity contribution >= 4 is 10.1 Å². The van der Waals surface area contributed by atoms with E-state index in [0.717, 1.165) is 6.26 Å². The number of hydrogen-bond acceptors (Lipinski definition) is 4. The molecule has 2 unspecified atom stereocenters. The molecule has 0 aromatic carbocycles. The Bertz CT molecular complexity index is 204. The fourth-order valence-electron chi connectivity index (χ4n) is 0.664. The second-order valence-electron chi connectivity index (χ2n) is 2.38. The highest BCUT2D eigenvalue weighted by Crippen LogP contribution is 2.17. The SMILES string of the molecule is CC(OS(C)(=O)=O)C1CO1. The fraction of sp³-hybridized carbons (Fsp3) is 1.00. The van der Waals surface area contributed by atoms with E-state index in [9.17, 15) is 8.42 Å². The number of rotatable bonds is 3. The van der Waals surface area contributed by atoms with Crippen molar-refractivity contribution in [2.24, 2.45) is 0 Å². The van der Waals surface area contributed by atoms with E-state index in [-0.39, 0.29) is 12.2 Å². The third-order valence-electron chi connectivity index (χ3n) is 1.21. The van der Waals surface area contributed by atoms with Crippen LogP contribution in [0.3, 0.4) is 0 Å². The van der Waals surface area contributed by atoms with E-state index in [1.54, 1.807) is 6.92 Å². The first-order chi connectivity index (χ1) is 4.49. The Morgan fingerprint density at radius 1 is 1.70 bits per heavy atom. The molecule has 0 spiro atoms. The van der Waals surface area contributed by atoms with Crippen molar-refractivity contribution in [1.29, 1.82) is 0 Å². The van der Waals surface area contributed by atoms with Crippen LogP contribution in [0.25, 0.3) is 0 Å². The van der Waals surface area contributed by atoms with Gasteiger partial charge in [-0.25, -0.2) is 0 Å². The van der Waals surface area contributed by atoms with Crippen LogP contribution < -0.4 is 0 Å². The number of epoxide rings is 1. The largest absolute Gasteiger partial charge is 0.370 e. The molecule has 0 amide bonds. The highest BCUT2D eigenvalue weighted by Gasteiger charge is 2.32. The van der Waals surface area contributed by atoms with E-state index in [1.165, 1.54) is 0 Å². The molecule has 0 N–H and O–H groups in total. The first-order valence-electron chi connectivity index (χ1n) is 2.99. The monoisotopic (exact) mass is 166 g/mol. The summed E-state index contributed by atoms with van der Waals surface area (Å²) in [4.78, 5) is 0. The Labute approximate surface area is 60.3 Å². The lowest BCUT2D eigenvalue weighted by atomic mass is 10.3. The molecular weight excluding hydrogens is 156 g/mol. The Balaban J connectivity index is 2.37. The van der Waals surface area contributed by atoms with E-state index < -0.39 is 10.1 Å². The first-order valence-corrected chi connectivity index (χ1v) is 4.80. The van der Waals surface area contributed by atoms with Gasteiger partial charge in [0.05, 0.1) is 12.9 Å². The molecule has 0 bridgehead atoms. The summed E-state index contributed by atoms with van der Waals surface area (Å²) in [6, 6.07) is 0. The molecule has 1 saturated heterocycles. The normalized spacial score (nSPS) is 28.0. The van der Waals surface area contributed by atoms with Crippen LogP contribution in [-0.4, -0.2) is 33.5 Å². The van der Waals surface area contributed by atoms with Crippen LogP contribution in [0.15, 0.2) is 0 Å². The van der Waals surface area contributed by atoms with Gasteiger partial charge in [-0.3, -0.25) is 4.18 Å². The van der Waals surface area contributed by atoms with E-state index >= 15 is 0 Å². The van der Waals surface area contributed by atoms with Crippen molar-refractivity contribution in [2.75, 3.05) is 12.9 Å². The average Bonchev–Trinajstić information content (AvgIpc) is 2.35. The zero-order valence-electron chi connectivity index (χ0n) is 5.90. The molecule has 1 heterocycles. The Morgan fingerprint density at radius 2 is 2.20 bits per heavy atom. The van der Waals surface area contributed by atoms with Gasteiger partial charge in [-0.1, -0.05) is 0 Å². The average molecular weight is 166 g/mol. The van der Waals surface area contributed by atoms with Gasteiger partial charge in [0.25, 0.3) is 10.1 Å². The molecule has 2 atom stereocenters. The molecular formula is C5H10O4S. The zero-order chi connectivity index (χ0) is 7.78. The molecule has 10 heavy (non-hydrogen) atoms. The number of hydrogen-bond donors (Lipinski definition) is 0. The van der Waals surface area contributed by atoms with Crippen molar-refractivity contribution in [1.82, 2.24) is 0 Å². The molecule has 4 nitrogen and oxygen atoms in total. The quantitative estimate of drug-likeness (QED) is 0.428. The maximum absolute atomic E-state index is 10.5. The molecule has 1 fully saturated rings. The van der Waals surface area contributed by atoms with Crippen LogP contribution >= 0.6 is 0 Å². The second-order valence-corrected chi connectivity index (χ2v) is 3.98. The summed E-state index contributed by atoms with van der Waals surface area (Å²) in [6.45, 7) is 2.29. The van der Waals surface area contributed by atoms with Crippen molar-refractivity contribution in [3.63, 3.8) is 0 Å². The summed E-state index contributed by atoms with van der Waals surface area (Å²) >= 11 is 0. The summed E-state index contributed by atoms with van der Waals surface area (Å²) in [6.07, 6.45) is 0.677. The summed E-state index contributed by atoms with van der Waals surface area (Å²) in [7, 11) is -3.31. The van der Waals surface area contributed by atoms with Crippen LogP contribution in [0.5, 0.6) is 0 Å². The van der Waals surface area contributed by atoms with Crippen molar-refractivity contribution in [2.45, 2.75) is 19.1 Å². The maximum Gasteiger partial charge on any atom is 0.264 e. The summed E-state index contributed by atoms with van der Waals surface area (Å²) in [5.41, 5.74) is 0. The minimum absolute atomic E-state index is 0.0188. The topological polar surface area (TPSA) is 55.9 Å². The van der Waals surface area contributed by atoms with Gasteiger partial charge in [0.1, 0.15) is 12.2 Å². The van der Waals surface area contributed by atoms with E-state index in [4.69, 9.17) is 4.74 Å². The standard InChI is InChI=1S/C5H10O4S/c1-4(5-3-8-5)9-10(2,6)7/h4-5H,3H2,1-2H3. The predicted octanol–water partition coefficient (Wildman–Crippen LogP) is -0.250. The van der Waals surface area contributed by atoms with Crippen LogP contribution in [0, 0.1) is 0 Å². The zero-order valence-corrected chi connectivity index (χ0v) is 6.72. The van der Waals surface area contributed by atoms with Crippen molar-refractivity contribution in [3.8, 4) is 0 Å². The van der Waals surface area contributed by atoms with Crippen molar-refractivity contribution in [3.05, 3.63) is 0 Å². The van der Waals surface area contributed by atoms with Crippen LogP contribution in [0.1, 0.15) is 6.92 Å². The number of ether oxygens (including phenoxy) is 1.